The van der Waals surface area contributed by atoms with Gasteiger partial charge >= 0.3 is 0 Å². The van der Waals surface area contributed by atoms with E-state index in [1.54, 1.807) is 18.2 Å². The number of hydrogen-bond acceptors (Lipinski definition) is 5. The molecule has 0 atom stereocenters. The minimum Gasteiger partial charge on any atom is -0.495 e. The predicted molar refractivity (Wildman–Crippen MR) is 92.6 cm³/mol. The van der Waals surface area contributed by atoms with Crippen LogP contribution in [0.4, 0.5) is 11.4 Å². The van der Waals surface area contributed by atoms with Gasteiger partial charge in [-0.15, -0.1) is 0 Å². The van der Waals surface area contributed by atoms with E-state index in [1.807, 2.05) is 18.2 Å². The zero-order chi connectivity index (χ0) is 16.9. The maximum atomic E-state index is 12.1. The standard InChI is InChI=1S/C17H17ClN2O4/c1-22-14-4-2-11(18)8-13(14)20-17(21)10-19-12-3-5-15-16(9-12)24-7-6-23-15/h2-5,8-9,19H,6-7,10H2,1H3,(H,20,21). The van der Waals surface area contributed by atoms with Crippen LogP contribution in [0.2, 0.25) is 5.02 Å². The number of carbonyl (C=O) groups is 1. The van der Waals surface area contributed by atoms with Crippen molar-refractivity contribution >= 4 is 28.9 Å². The normalized spacial score (nSPS) is 12.4. The third-order valence-corrected chi connectivity index (χ3v) is 3.67. The average molecular weight is 349 g/mol. The van der Waals surface area contributed by atoms with Gasteiger partial charge in [0, 0.05) is 16.8 Å². The third kappa shape index (κ3) is 3.83. The molecule has 7 heteroatoms. The Balaban J connectivity index is 1.61. The summed E-state index contributed by atoms with van der Waals surface area (Å²) in [6, 6.07) is 10.5. The van der Waals surface area contributed by atoms with Gasteiger partial charge in [-0.05, 0) is 30.3 Å². The molecule has 2 N–H and O–H groups in total. The summed E-state index contributed by atoms with van der Waals surface area (Å²) < 4.78 is 16.2. The molecule has 2 aromatic carbocycles. The van der Waals surface area contributed by atoms with Crippen molar-refractivity contribution < 1.29 is 19.0 Å². The first kappa shape index (κ1) is 16.3. The van der Waals surface area contributed by atoms with Crippen molar-refractivity contribution in [1.29, 1.82) is 0 Å². The van der Waals surface area contributed by atoms with Crippen LogP contribution in [0.1, 0.15) is 0 Å². The van der Waals surface area contributed by atoms with Gasteiger partial charge in [-0.1, -0.05) is 11.6 Å². The SMILES string of the molecule is COc1ccc(Cl)cc1NC(=O)CNc1ccc2c(c1)OCCO2. The van der Waals surface area contributed by atoms with Crippen LogP contribution >= 0.6 is 11.6 Å². The number of rotatable bonds is 5. The number of methoxy groups -OCH3 is 1. The number of benzene rings is 2. The summed E-state index contributed by atoms with van der Waals surface area (Å²) in [6.45, 7) is 1.16. The molecule has 0 radical (unpaired) electrons. The van der Waals surface area contributed by atoms with E-state index in [0.29, 0.717) is 41.2 Å². The Bertz CT molecular complexity index is 751. The van der Waals surface area contributed by atoms with Crippen LogP contribution in [0.25, 0.3) is 0 Å². The van der Waals surface area contributed by atoms with Gasteiger partial charge in [0.2, 0.25) is 5.91 Å². The van der Waals surface area contributed by atoms with E-state index < -0.39 is 0 Å². The Morgan fingerprint density at radius 1 is 1.17 bits per heavy atom. The molecule has 1 aliphatic rings. The molecular weight excluding hydrogens is 332 g/mol. The Labute approximate surface area is 144 Å². The van der Waals surface area contributed by atoms with Crippen molar-refractivity contribution in [2.45, 2.75) is 0 Å². The maximum Gasteiger partial charge on any atom is 0.243 e. The lowest BCUT2D eigenvalue weighted by Gasteiger charge is -2.19. The molecule has 0 fully saturated rings. The highest BCUT2D eigenvalue weighted by molar-refractivity contribution is 6.31. The zero-order valence-corrected chi connectivity index (χ0v) is 13.9. The minimum absolute atomic E-state index is 0.0926. The number of carbonyl (C=O) groups excluding carboxylic acids is 1. The molecule has 24 heavy (non-hydrogen) atoms. The highest BCUT2D eigenvalue weighted by Gasteiger charge is 2.12. The Morgan fingerprint density at radius 3 is 2.75 bits per heavy atom. The van der Waals surface area contributed by atoms with Crippen LogP contribution < -0.4 is 24.8 Å². The summed E-state index contributed by atoms with van der Waals surface area (Å²) in [5.41, 5.74) is 1.30. The number of nitrogens with one attached hydrogen (secondary N) is 2. The molecule has 0 aliphatic carbocycles. The molecule has 0 unspecified atom stereocenters. The van der Waals surface area contributed by atoms with Gasteiger partial charge < -0.3 is 24.8 Å². The summed E-state index contributed by atoms with van der Waals surface area (Å²) in [6.07, 6.45) is 0. The molecule has 0 saturated heterocycles. The monoisotopic (exact) mass is 348 g/mol. The average Bonchev–Trinajstić information content (AvgIpc) is 2.60. The van der Waals surface area contributed by atoms with Crippen molar-refractivity contribution in [2.75, 3.05) is 37.5 Å². The second kappa shape index (κ2) is 7.31. The molecule has 1 heterocycles. The molecule has 0 aromatic heterocycles. The van der Waals surface area contributed by atoms with Gasteiger partial charge in [0.15, 0.2) is 11.5 Å². The second-order valence-electron chi connectivity index (χ2n) is 5.10. The molecule has 2 aromatic rings. The molecular formula is C17H17ClN2O4. The lowest BCUT2D eigenvalue weighted by atomic mass is 10.2. The van der Waals surface area contributed by atoms with Crippen LogP contribution in [0, 0.1) is 0 Å². The third-order valence-electron chi connectivity index (χ3n) is 3.43. The van der Waals surface area contributed by atoms with E-state index in [9.17, 15) is 4.79 Å². The molecule has 1 aliphatic heterocycles. The van der Waals surface area contributed by atoms with Crippen LogP contribution in [0.15, 0.2) is 36.4 Å². The number of amides is 1. The molecule has 0 bridgehead atoms. The van der Waals surface area contributed by atoms with Gasteiger partial charge in [-0.25, -0.2) is 0 Å². The van der Waals surface area contributed by atoms with E-state index in [4.69, 9.17) is 25.8 Å². The van der Waals surface area contributed by atoms with E-state index in [2.05, 4.69) is 10.6 Å². The van der Waals surface area contributed by atoms with Gasteiger partial charge in [-0.3, -0.25) is 4.79 Å². The van der Waals surface area contributed by atoms with Crippen molar-refractivity contribution in [3.05, 3.63) is 41.4 Å². The molecule has 3 rings (SSSR count). The molecule has 0 spiro atoms. The second-order valence-corrected chi connectivity index (χ2v) is 5.54. The summed E-state index contributed by atoms with van der Waals surface area (Å²) in [7, 11) is 1.53. The highest BCUT2D eigenvalue weighted by atomic mass is 35.5. The number of ether oxygens (including phenoxy) is 3. The number of anilines is 2. The zero-order valence-electron chi connectivity index (χ0n) is 13.1. The number of hydrogen-bond donors (Lipinski definition) is 2. The van der Waals surface area contributed by atoms with E-state index >= 15 is 0 Å². The lowest BCUT2D eigenvalue weighted by molar-refractivity contribution is -0.114. The van der Waals surface area contributed by atoms with E-state index in [1.165, 1.54) is 7.11 Å². The Kier molecular flexibility index (Phi) is 4.96. The van der Waals surface area contributed by atoms with Crippen molar-refractivity contribution in [3.63, 3.8) is 0 Å². The first-order valence-electron chi connectivity index (χ1n) is 7.42. The maximum absolute atomic E-state index is 12.1. The molecule has 126 valence electrons. The largest absolute Gasteiger partial charge is 0.495 e. The van der Waals surface area contributed by atoms with Gasteiger partial charge in [0.05, 0.1) is 19.3 Å². The minimum atomic E-state index is -0.217. The molecule has 6 nitrogen and oxygen atoms in total. The summed E-state index contributed by atoms with van der Waals surface area (Å²) in [5, 5.41) is 6.33. The quantitative estimate of drug-likeness (QED) is 0.868. The summed E-state index contributed by atoms with van der Waals surface area (Å²) in [4.78, 5) is 12.1. The van der Waals surface area contributed by atoms with Gasteiger partial charge in [-0.2, -0.15) is 0 Å². The predicted octanol–water partition coefficient (Wildman–Crippen LogP) is 3.17. The van der Waals surface area contributed by atoms with Gasteiger partial charge in [0.25, 0.3) is 0 Å². The fourth-order valence-corrected chi connectivity index (χ4v) is 2.48. The molecule has 0 saturated carbocycles. The van der Waals surface area contributed by atoms with Crippen LogP contribution in [0.3, 0.4) is 0 Å². The van der Waals surface area contributed by atoms with Crippen LogP contribution in [-0.2, 0) is 4.79 Å². The molecule has 1 amide bonds. The van der Waals surface area contributed by atoms with Crippen LogP contribution in [0.5, 0.6) is 17.2 Å². The van der Waals surface area contributed by atoms with Crippen molar-refractivity contribution in [2.24, 2.45) is 0 Å². The first-order valence-corrected chi connectivity index (χ1v) is 7.80. The van der Waals surface area contributed by atoms with Crippen molar-refractivity contribution in [3.8, 4) is 17.2 Å². The highest BCUT2D eigenvalue weighted by Crippen LogP contribution is 2.32. The van der Waals surface area contributed by atoms with Crippen molar-refractivity contribution in [1.82, 2.24) is 0 Å². The summed E-state index contributed by atoms with van der Waals surface area (Å²) in [5.74, 6) is 1.71. The van der Waals surface area contributed by atoms with E-state index in [-0.39, 0.29) is 12.5 Å². The van der Waals surface area contributed by atoms with E-state index in [0.717, 1.165) is 5.69 Å². The van der Waals surface area contributed by atoms with Gasteiger partial charge in [0.1, 0.15) is 19.0 Å². The summed E-state index contributed by atoms with van der Waals surface area (Å²) >= 11 is 5.95. The topological polar surface area (TPSA) is 68.8 Å². The number of fused-ring (bicyclic) bond motifs is 1. The smallest absolute Gasteiger partial charge is 0.243 e. The fourth-order valence-electron chi connectivity index (χ4n) is 2.31. The van der Waals surface area contributed by atoms with Crippen LogP contribution in [-0.4, -0.2) is 32.8 Å². The first-order chi connectivity index (χ1) is 11.7. The Hall–Kier alpha value is -2.60. The fraction of sp³-hybridized carbons (Fsp3) is 0.235. The Morgan fingerprint density at radius 2 is 1.96 bits per heavy atom. The number of halogens is 1. The lowest BCUT2D eigenvalue weighted by Crippen LogP contribution is -2.22.